The number of carbonyl (C=O) groups excluding carboxylic acids is 2. The van der Waals surface area contributed by atoms with Gasteiger partial charge in [0.05, 0.1) is 0 Å². The molecule has 25 heavy (non-hydrogen) atoms. The highest BCUT2D eigenvalue weighted by molar-refractivity contribution is 5.92. The SMILES string of the molecule is O=C(NCc1ccccc1)N1CCN(C(=O)c2ccc(=O)[nH]n2)CC1. The third kappa shape index (κ3) is 4.23. The summed E-state index contributed by atoms with van der Waals surface area (Å²) in [4.78, 5) is 38.9. The Morgan fingerprint density at radius 1 is 1.00 bits per heavy atom. The molecule has 8 nitrogen and oxygen atoms in total. The molecule has 0 aliphatic carbocycles. The number of aromatic amines is 1. The topological polar surface area (TPSA) is 98.4 Å². The molecule has 1 aromatic heterocycles. The van der Waals surface area contributed by atoms with Crippen molar-refractivity contribution in [2.24, 2.45) is 0 Å². The Kier molecular flexibility index (Phi) is 5.08. The van der Waals surface area contributed by atoms with Crippen molar-refractivity contribution in [3.8, 4) is 0 Å². The molecule has 8 heteroatoms. The van der Waals surface area contributed by atoms with Crippen LogP contribution in [-0.2, 0) is 6.54 Å². The number of hydrogen-bond donors (Lipinski definition) is 2. The molecule has 0 spiro atoms. The van der Waals surface area contributed by atoms with Gasteiger partial charge in [-0.15, -0.1) is 0 Å². The molecule has 1 aromatic carbocycles. The van der Waals surface area contributed by atoms with Crippen LogP contribution in [0.15, 0.2) is 47.3 Å². The summed E-state index contributed by atoms with van der Waals surface area (Å²) in [6, 6.07) is 12.2. The van der Waals surface area contributed by atoms with Crippen molar-refractivity contribution in [1.29, 1.82) is 0 Å². The van der Waals surface area contributed by atoms with Gasteiger partial charge in [-0.1, -0.05) is 30.3 Å². The first-order valence-electron chi connectivity index (χ1n) is 8.05. The van der Waals surface area contributed by atoms with E-state index in [1.807, 2.05) is 30.3 Å². The average Bonchev–Trinajstić information content (AvgIpc) is 2.67. The maximum absolute atomic E-state index is 12.3. The van der Waals surface area contributed by atoms with Gasteiger partial charge in [-0.2, -0.15) is 5.10 Å². The largest absolute Gasteiger partial charge is 0.334 e. The Hall–Kier alpha value is -3.16. The van der Waals surface area contributed by atoms with Crippen LogP contribution in [0.1, 0.15) is 16.1 Å². The van der Waals surface area contributed by atoms with E-state index >= 15 is 0 Å². The minimum Gasteiger partial charge on any atom is -0.334 e. The smallest absolute Gasteiger partial charge is 0.317 e. The number of rotatable bonds is 3. The van der Waals surface area contributed by atoms with E-state index in [1.54, 1.807) is 9.80 Å². The highest BCUT2D eigenvalue weighted by Gasteiger charge is 2.25. The fourth-order valence-electron chi connectivity index (χ4n) is 2.62. The van der Waals surface area contributed by atoms with Gasteiger partial charge in [-0.3, -0.25) is 9.59 Å². The van der Waals surface area contributed by atoms with Crippen molar-refractivity contribution in [2.45, 2.75) is 6.54 Å². The second-order valence-electron chi connectivity index (χ2n) is 5.73. The van der Waals surface area contributed by atoms with Crippen molar-refractivity contribution in [3.05, 3.63) is 64.1 Å². The third-order valence-electron chi connectivity index (χ3n) is 4.04. The van der Waals surface area contributed by atoms with Gasteiger partial charge in [0.25, 0.3) is 11.5 Å². The van der Waals surface area contributed by atoms with Gasteiger partial charge in [-0.25, -0.2) is 9.89 Å². The summed E-state index contributed by atoms with van der Waals surface area (Å²) < 4.78 is 0. The van der Waals surface area contributed by atoms with Gasteiger partial charge in [0.15, 0.2) is 0 Å². The summed E-state index contributed by atoms with van der Waals surface area (Å²) in [6.07, 6.45) is 0. The summed E-state index contributed by atoms with van der Waals surface area (Å²) in [6.45, 7) is 2.24. The van der Waals surface area contributed by atoms with E-state index in [4.69, 9.17) is 0 Å². The third-order valence-corrected chi connectivity index (χ3v) is 4.04. The number of carbonyl (C=O) groups is 2. The fraction of sp³-hybridized carbons (Fsp3) is 0.294. The monoisotopic (exact) mass is 341 g/mol. The predicted molar refractivity (Wildman–Crippen MR) is 91.0 cm³/mol. The lowest BCUT2D eigenvalue weighted by Gasteiger charge is -2.34. The van der Waals surface area contributed by atoms with Crippen LogP contribution in [0.25, 0.3) is 0 Å². The molecule has 0 saturated carbocycles. The van der Waals surface area contributed by atoms with E-state index in [0.29, 0.717) is 32.7 Å². The molecule has 0 radical (unpaired) electrons. The van der Waals surface area contributed by atoms with E-state index in [1.165, 1.54) is 12.1 Å². The van der Waals surface area contributed by atoms with Gasteiger partial charge < -0.3 is 15.1 Å². The number of urea groups is 1. The van der Waals surface area contributed by atoms with Crippen LogP contribution in [0.4, 0.5) is 4.79 Å². The number of piperazine rings is 1. The Bertz CT molecular complexity index is 777. The lowest BCUT2D eigenvalue weighted by Crippen LogP contribution is -2.53. The van der Waals surface area contributed by atoms with Gasteiger partial charge in [-0.05, 0) is 11.6 Å². The molecule has 2 heterocycles. The zero-order valence-electron chi connectivity index (χ0n) is 13.6. The van der Waals surface area contributed by atoms with E-state index in [-0.39, 0.29) is 23.2 Å². The molecular formula is C17H19N5O3. The Labute approximate surface area is 144 Å². The van der Waals surface area contributed by atoms with Crippen molar-refractivity contribution in [3.63, 3.8) is 0 Å². The number of amides is 3. The first-order valence-corrected chi connectivity index (χ1v) is 8.05. The Morgan fingerprint density at radius 3 is 2.32 bits per heavy atom. The number of H-pyrrole nitrogens is 1. The molecule has 3 rings (SSSR count). The van der Waals surface area contributed by atoms with Crippen molar-refractivity contribution >= 4 is 11.9 Å². The Morgan fingerprint density at radius 2 is 1.68 bits per heavy atom. The van der Waals surface area contributed by atoms with E-state index in [2.05, 4.69) is 15.5 Å². The lowest BCUT2D eigenvalue weighted by atomic mass is 10.2. The molecule has 3 amide bonds. The van der Waals surface area contributed by atoms with Gasteiger partial charge in [0.2, 0.25) is 0 Å². The highest BCUT2D eigenvalue weighted by atomic mass is 16.2. The van der Waals surface area contributed by atoms with Crippen LogP contribution in [-0.4, -0.2) is 58.1 Å². The van der Waals surface area contributed by atoms with Crippen LogP contribution in [0, 0.1) is 0 Å². The fourth-order valence-corrected chi connectivity index (χ4v) is 2.62. The van der Waals surface area contributed by atoms with Crippen molar-refractivity contribution < 1.29 is 9.59 Å². The summed E-state index contributed by atoms with van der Waals surface area (Å²) in [5.41, 5.74) is 0.881. The minimum atomic E-state index is -0.351. The number of benzene rings is 1. The molecule has 1 saturated heterocycles. The molecule has 1 fully saturated rings. The molecule has 2 aromatic rings. The first kappa shape index (κ1) is 16.7. The van der Waals surface area contributed by atoms with Gasteiger partial charge in [0, 0.05) is 38.8 Å². The van der Waals surface area contributed by atoms with E-state index < -0.39 is 0 Å². The molecule has 0 bridgehead atoms. The van der Waals surface area contributed by atoms with E-state index in [9.17, 15) is 14.4 Å². The standard InChI is InChI=1S/C17H19N5O3/c23-15-7-6-14(19-20-15)16(24)21-8-10-22(11-9-21)17(25)18-12-13-4-2-1-3-5-13/h1-7H,8-12H2,(H,18,25)(H,20,23). The summed E-state index contributed by atoms with van der Waals surface area (Å²) >= 11 is 0. The minimum absolute atomic E-state index is 0.141. The first-order chi connectivity index (χ1) is 12.1. The summed E-state index contributed by atoms with van der Waals surface area (Å²) in [5.74, 6) is -0.249. The zero-order valence-corrected chi connectivity index (χ0v) is 13.6. The van der Waals surface area contributed by atoms with Crippen LogP contribution < -0.4 is 10.9 Å². The number of nitrogens with one attached hydrogen (secondary N) is 2. The van der Waals surface area contributed by atoms with Crippen LogP contribution >= 0.6 is 0 Å². The van der Waals surface area contributed by atoms with Crippen molar-refractivity contribution in [2.75, 3.05) is 26.2 Å². The van der Waals surface area contributed by atoms with Crippen molar-refractivity contribution in [1.82, 2.24) is 25.3 Å². The van der Waals surface area contributed by atoms with Gasteiger partial charge in [0.1, 0.15) is 5.69 Å². The molecular weight excluding hydrogens is 322 g/mol. The molecule has 130 valence electrons. The maximum atomic E-state index is 12.3. The number of aromatic nitrogens is 2. The van der Waals surface area contributed by atoms with E-state index in [0.717, 1.165) is 5.56 Å². The molecule has 2 N–H and O–H groups in total. The summed E-state index contributed by atoms with van der Waals surface area (Å²) in [5, 5.41) is 8.88. The number of nitrogens with zero attached hydrogens (tertiary/aromatic N) is 3. The maximum Gasteiger partial charge on any atom is 0.317 e. The lowest BCUT2D eigenvalue weighted by molar-refractivity contribution is 0.0658. The Balaban J connectivity index is 1.49. The predicted octanol–water partition coefficient (Wildman–Crippen LogP) is 0.438. The molecule has 1 aliphatic rings. The summed E-state index contributed by atoms with van der Waals surface area (Å²) in [7, 11) is 0. The quantitative estimate of drug-likeness (QED) is 0.846. The van der Waals surface area contributed by atoms with Crippen LogP contribution in [0.5, 0.6) is 0 Å². The second kappa shape index (κ2) is 7.61. The highest BCUT2D eigenvalue weighted by Crippen LogP contribution is 2.07. The second-order valence-corrected chi connectivity index (χ2v) is 5.73. The zero-order chi connectivity index (χ0) is 17.6. The number of hydrogen-bond acceptors (Lipinski definition) is 4. The van der Waals surface area contributed by atoms with Gasteiger partial charge >= 0.3 is 6.03 Å². The average molecular weight is 341 g/mol. The molecule has 1 aliphatic heterocycles. The molecule has 0 atom stereocenters. The molecule has 0 unspecified atom stereocenters. The van der Waals surface area contributed by atoms with Crippen LogP contribution in [0.2, 0.25) is 0 Å². The van der Waals surface area contributed by atoms with Crippen LogP contribution in [0.3, 0.4) is 0 Å². The normalized spacial score (nSPS) is 14.2.